The number of nitrogens with zero attached hydrogens (tertiary/aromatic N) is 2. The number of hydrogen-bond acceptors (Lipinski definition) is 9. The second kappa shape index (κ2) is 10.7. The highest BCUT2D eigenvalue weighted by molar-refractivity contribution is 7.92. The number of hydrogen-bond donors (Lipinski definition) is 3. The van der Waals surface area contributed by atoms with E-state index in [1.165, 1.54) is 75.1 Å². The fourth-order valence-electron chi connectivity index (χ4n) is 2.63. The van der Waals surface area contributed by atoms with Crippen LogP contribution in [0, 0.1) is 0 Å². The van der Waals surface area contributed by atoms with Crippen molar-refractivity contribution in [1.29, 1.82) is 0 Å². The van der Waals surface area contributed by atoms with Crippen molar-refractivity contribution in [1.82, 2.24) is 15.3 Å². The smallest absolute Gasteiger partial charge is 0.337 e. The van der Waals surface area contributed by atoms with Crippen LogP contribution < -0.4 is 20.1 Å². The molecule has 0 atom stereocenters. The molecule has 3 N–H and O–H groups in total. The van der Waals surface area contributed by atoms with Gasteiger partial charge in [0.1, 0.15) is 12.1 Å². The lowest BCUT2D eigenvalue weighted by molar-refractivity contribution is 0.0600. The summed E-state index contributed by atoms with van der Waals surface area (Å²) in [6.07, 6.45) is 1.17. The van der Waals surface area contributed by atoms with Gasteiger partial charge >= 0.3 is 5.97 Å². The molecule has 1 aromatic heterocycles. The van der Waals surface area contributed by atoms with Crippen LogP contribution in [0.5, 0.6) is 5.88 Å². The molecule has 0 unspecified atom stereocenters. The van der Waals surface area contributed by atoms with Gasteiger partial charge in [-0.1, -0.05) is 0 Å². The summed E-state index contributed by atoms with van der Waals surface area (Å²) in [5.74, 6) is -0.737. The third kappa shape index (κ3) is 6.24. The number of methoxy groups -OCH3 is 2. The molecule has 0 radical (unpaired) electrons. The summed E-state index contributed by atoms with van der Waals surface area (Å²) >= 11 is 5.14. The predicted molar refractivity (Wildman–Crippen MR) is 127 cm³/mol. The molecular weight excluding hydrogens is 482 g/mol. The maximum atomic E-state index is 12.6. The number of carbonyl (C=O) groups excluding carboxylic acids is 2. The molecule has 0 saturated heterocycles. The van der Waals surface area contributed by atoms with E-state index in [0.29, 0.717) is 11.3 Å². The van der Waals surface area contributed by atoms with Gasteiger partial charge in [0, 0.05) is 17.3 Å². The van der Waals surface area contributed by atoms with Crippen LogP contribution in [0.25, 0.3) is 0 Å². The third-order valence-corrected chi connectivity index (χ3v) is 5.88. The van der Waals surface area contributed by atoms with Crippen LogP contribution in [-0.4, -0.2) is 49.6 Å². The Morgan fingerprint density at radius 2 is 1.59 bits per heavy atom. The minimum Gasteiger partial charge on any atom is -0.481 e. The van der Waals surface area contributed by atoms with Gasteiger partial charge in [-0.3, -0.25) is 14.8 Å². The second-order valence-electron chi connectivity index (χ2n) is 6.55. The van der Waals surface area contributed by atoms with Crippen molar-refractivity contribution in [2.75, 3.05) is 24.3 Å². The maximum absolute atomic E-state index is 12.6. The quantitative estimate of drug-likeness (QED) is 0.325. The average molecular weight is 502 g/mol. The summed E-state index contributed by atoms with van der Waals surface area (Å²) in [7, 11) is -1.24. The number of benzene rings is 2. The third-order valence-electron chi connectivity index (χ3n) is 4.31. The van der Waals surface area contributed by atoms with Crippen molar-refractivity contribution in [3.8, 4) is 5.88 Å². The van der Waals surface area contributed by atoms with E-state index >= 15 is 0 Å². The summed E-state index contributed by atoms with van der Waals surface area (Å²) in [6, 6.07) is 12.9. The summed E-state index contributed by atoms with van der Waals surface area (Å²) in [5, 5.41) is 5.31. The highest BCUT2D eigenvalue weighted by Crippen LogP contribution is 2.18. The van der Waals surface area contributed by atoms with Crippen molar-refractivity contribution in [3.05, 3.63) is 72.1 Å². The van der Waals surface area contributed by atoms with Crippen molar-refractivity contribution >= 4 is 50.7 Å². The lowest BCUT2D eigenvalue weighted by Gasteiger charge is -2.11. The zero-order chi connectivity index (χ0) is 24.7. The largest absolute Gasteiger partial charge is 0.481 e. The maximum Gasteiger partial charge on any atom is 0.337 e. The first-order valence-corrected chi connectivity index (χ1v) is 11.4. The van der Waals surface area contributed by atoms with Crippen molar-refractivity contribution in [2.24, 2.45) is 0 Å². The Balaban J connectivity index is 1.60. The Hall–Kier alpha value is -4.10. The van der Waals surface area contributed by atoms with Crippen LogP contribution in [0.2, 0.25) is 0 Å². The molecule has 0 aliphatic heterocycles. The van der Waals surface area contributed by atoms with Crippen LogP contribution in [0.4, 0.5) is 11.5 Å². The Labute approximate surface area is 200 Å². The van der Waals surface area contributed by atoms with E-state index in [4.69, 9.17) is 17.0 Å². The van der Waals surface area contributed by atoms with E-state index in [1.807, 2.05) is 0 Å². The summed E-state index contributed by atoms with van der Waals surface area (Å²) in [5.41, 5.74) is 1.04. The van der Waals surface area contributed by atoms with Gasteiger partial charge in [-0.25, -0.2) is 23.2 Å². The summed E-state index contributed by atoms with van der Waals surface area (Å²) < 4.78 is 37.1. The van der Waals surface area contributed by atoms with E-state index in [-0.39, 0.29) is 27.3 Å². The number of esters is 1. The van der Waals surface area contributed by atoms with Gasteiger partial charge < -0.3 is 14.8 Å². The number of ether oxygens (including phenoxy) is 2. The van der Waals surface area contributed by atoms with Gasteiger partial charge in [0.15, 0.2) is 5.11 Å². The molecule has 11 nitrogen and oxygen atoms in total. The van der Waals surface area contributed by atoms with E-state index < -0.39 is 21.9 Å². The molecule has 2 aromatic carbocycles. The zero-order valence-electron chi connectivity index (χ0n) is 17.9. The molecule has 0 fully saturated rings. The number of rotatable bonds is 7. The molecule has 13 heteroatoms. The number of nitrogens with one attached hydrogen (secondary N) is 3. The highest BCUT2D eigenvalue weighted by Gasteiger charge is 2.16. The summed E-state index contributed by atoms with van der Waals surface area (Å²) in [6.45, 7) is 0. The Kier molecular flexibility index (Phi) is 7.71. The molecule has 34 heavy (non-hydrogen) atoms. The standard InChI is InChI=1S/C21H19N5O6S2/c1-31-18-11-17(22-12-23-18)26-34(29,30)16-9-7-15(8-10-16)24-21(33)25-19(27)13-3-5-14(6-4-13)20(28)32-2/h3-12H,1-2H3,(H,22,23,26)(H2,24,25,27,33). The minimum atomic E-state index is -3.91. The zero-order valence-corrected chi connectivity index (χ0v) is 19.6. The normalized spacial score (nSPS) is 10.6. The van der Waals surface area contributed by atoms with Crippen molar-refractivity contribution in [3.63, 3.8) is 0 Å². The molecule has 176 valence electrons. The number of sulfonamides is 1. The number of carbonyl (C=O) groups is 2. The number of amides is 1. The predicted octanol–water partition coefficient (Wildman–Crippen LogP) is 2.20. The fraction of sp³-hybridized carbons (Fsp3) is 0.0952. The molecule has 0 spiro atoms. The minimum absolute atomic E-state index is 0.00357. The average Bonchev–Trinajstić information content (AvgIpc) is 2.83. The fourth-order valence-corrected chi connectivity index (χ4v) is 3.84. The van der Waals surface area contributed by atoms with Crippen molar-refractivity contribution < 1.29 is 27.5 Å². The molecule has 0 aliphatic rings. The SMILES string of the molecule is COC(=O)c1ccc(C(=O)NC(=S)Nc2ccc(S(=O)(=O)Nc3cc(OC)ncn3)cc2)cc1. The van der Waals surface area contributed by atoms with E-state index in [1.54, 1.807) is 0 Å². The van der Waals surface area contributed by atoms with Crippen LogP contribution in [-0.2, 0) is 14.8 Å². The van der Waals surface area contributed by atoms with Crippen LogP contribution >= 0.6 is 12.2 Å². The van der Waals surface area contributed by atoms with Crippen LogP contribution in [0.1, 0.15) is 20.7 Å². The van der Waals surface area contributed by atoms with Gasteiger partial charge in [-0.2, -0.15) is 0 Å². The van der Waals surface area contributed by atoms with Gasteiger partial charge in [0.25, 0.3) is 15.9 Å². The second-order valence-corrected chi connectivity index (χ2v) is 8.64. The number of thiocarbonyl (C=S) groups is 1. The molecule has 0 aliphatic carbocycles. The number of aromatic nitrogens is 2. The Bertz CT molecular complexity index is 1310. The molecule has 1 heterocycles. The Morgan fingerprint density at radius 3 is 2.21 bits per heavy atom. The van der Waals surface area contributed by atoms with Crippen LogP contribution in [0.15, 0.2) is 65.8 Å². The van der Waals surface area contributed by atoms with E-state index in [9.17, 15) is 18.0 Å². The van der Waals surface area contributed by atoms with Gasteiger partial charge in [0.05, 0.1) is 24.7 Å². The molecule has 1 amide bonds. The van der Waals surface area contributed by atoms with E-state index in [0.717, 1.165) is 0 Å². The molecular formula is C21H19N5O6S2. The first-order chi connectivity index (χ1) is 16.2. The van der Waals surface area contributed by atoms with Gasteiger partial charge in [-0.15, -0.1) is 0 Å². The first-order valence-electron chi connectivity index (χ1n) is 9.51. The lowest BCUT2D eigenvalue weighted by Crippen LogP contribution is -2.34. The molecule has 0 saturated carbocycles. The Morgan fingerprint density at radius 1 is 0.941 bits per heavy atom. The monoisotopic (exact) mass is 501 g/mol. The van der Waals surface area contributed by atoms with Gasteiger partial charge in [-0.05, 0) is 60.7 Å². The first kappa shape index (κ1) is 24.5. The van der Waals surface area contributed by atoms with Crippen LogP contribution in [0.3, 0.4) is 0 Å². The molecule has 0 bridgehead atoms. The van der Waals surface area contributed by atoms with Gasteiger partial charge in [0.2, 0.25) is 5.88 Å². The molecule has 3 aromatic rings. The topological polar surface area (TPSA) is 149 Å². The molecule has 3 rings (SSSR count). The highest BCUT2D eigenvalue weighted by atomic mass is 32.2. The number of anilines is 2. The summed E-state index contributed by atoms with van der Waals surface area (Å²) in [4.78, 5) is 31.5. The lowest BCUT2D eigenvalue weighted by atomic mass is 10.1. The van der Waals surface area contributed by atoms with Crippen molar-refractivity contribution in [2.45, 2.75) is 4.90 Å². The van der Waals surface area contributed by atoms with E-state index in [2.05, 4.69) is 30.1 Å².